The van der Waals surface area contributed by atoms with E-state index in [2.05, 4.69) is 4.98 Å². The van der Waals surface area contributed by atoms with Crippen molar-refractivity contribution in [2.75, 3.05) is 11.5 Å². The molecule has 0 aliphatic heterocycles. The first-order valence-electron chi connectivity index (χ1n) is 4.37. The van der Waals surface area contributed by atoms with Gasteiger partial charge in [0, 0.05) is 18.9 Å². The number of rotatable bonds is 6. The van der Waals surface area contributed by atoms with Gasteiger partial charge in [0.1, 0.15) is 5.75 Å². The average Bonchev–Trinajstić information content (AvgIpc) is 2.53. The van der Waals surface area contributed by atoms with Crippen molar-refractivity contribution in [1.29, 1.82) is 0 Å². The van der Waals surface area contributed by atoms with Crippen LogP contribution in [0, 0.1) is 0 Å². The molecule has 1 aromatic heterocycles. The maximum Gasteiger partial charge on any atom is 0.318 e. The number of carboxylic acid groups (broad SMARTS) is 1. The SMILES string of the molecule is O=C(O)CS(=O)(=O)CCCn1ccnc1. The fourth-order valence-electron chi connectivity index (χ4n) is 1.15. The molecular formula is C8H12N2O4S. The van der Waals surface area contributed by atoms with Crippen LogP contribution < -0.4 is 0 Å². The van der Waals surface area contributed by atoms with Crippen molar-refractivity contribution in [1.82, 2.24) is 9.55 Å². The van der Waals surface area contributed by atoms with Crippen LogP contribution in [0.15, 0.2) is 18.7 Å². The molecule has 15 heavy (non-hydrogen) atoms. The summed E-state index contributed by atoms with van der Waals surface area (Å²) in [5.74, 6) is -2.22. The monoisotopic (exact) mass is 232 g/mol. The lowest BCUT2D eigenvalue weighted by molar-refractivity contribution is -0.134. The predicted octanol–water partition coefficient (Wildman–Crippen LogP) is -0.227. The number of hydrogen-bond donors (Lipinski definition) is 1. The number of carbonyl (C=O) groups is 1. The molecule has 0 fully saturated rings. The minimum absolute atomic E-state index is 0.114. The van der Waals surface area contributed by atoms with E-state index in [1.807, 2.05) is 0 Å². The molecule has 0 unspecified atom stereocenters. The van der Waals surface area contributed by atoms with Crippen molar-refractivity contribution < 1.29 is 18.3 Å². The summed E-state index contributed by atoms with van der Waals surface area (Å²) in [6.07, 6.45) is 5.31. The van der Waals surface area contributed by atoms with Gasteiger partial charge < -0.3 is 9.67 Å². The van der Waals surface area contributed by atoms with Crippen molar-refractivity contribution in [2.45, 2.75) is 13.0 Å². The van der Waals surface area contributed by atoms with Crippen LogP contribution in [0.4, 0.5) is 0 Å². The van der Waals surface area contributed by atoms with E-state index in [1.165, 1.54) is 0 Å². The molecule has 1 heterocycles. The standard InChI is InChI=1S/C8H12N2O4S/c11-8(12)6-15(13,14)5-1-3-10-4-2-9-7-10/h2,4,7H,1,3,5-6H2,(H,11,12). The molecule has 1 aromatic rings. The summed E-state index contributed by atoms with van der Waals surface area (Å²) in [5.41, 5.74) is 0. The van der Waals surface area contributed by atoms with Gasteiger partial charge in [0.2, 0.25) is 0 Å². The van der Waals surface area contributed by atoms with Crippen LogP contribution in [0.3, 0.4) is 0 Å². The third kappa shape index (κ3) is 4.59. The second-order valence-corrected chi connectivity index (χ2v) is 5.32. The molecule has 0 amide bonds. The molecular weight excluding hydrogens is 220 g/mol. The Bertz CT molecular complexity index is 410. The van der Waals surface area contributed by atoms with E-state index in [0.717, 1.165) is 0 Å². The molecule has 0 aliphatic rings. The Balaban J connectivity index is 2.34. The molecule has 1 N–H and O–H groups in total. The zero-order valence-electron chi connectivity index (χ0n) is 8.04. The number of hydrogen-bond acceptors (Lipinski definition) is 4. The highest BCUT2D eigenvalue weighted by atomic mass is 32.2. The highest BCUT2D eigenvalue weighted by Crippen LogP contribution is 1.97. The number of aryl methyl sites for hydroxylation is 1. The van der Waals surface area contributed by atoms with E-state index >= 15 is 0 Å². The highest BCUT2D eigenvalue weighted by molar-refractivity contribution is 7.92. The molecule has 84 valence electrons. The summed E-state index contributed by atoms with van der Waals surface area (Å²) >= 11 is 0. The van der Waals surface area contributed by atoms with Crippen LogP contribution in [0.25, 0.3) is 0 Å². The summed E-state index contributed by atoms with van der Waals surface area (Å²) in [4.78, 5) is 14.0. The van der Waals surface area contributed by atoms with Gasteiger partial charge in [0.25, 0.3) is 0 Å². The van der Waals surface area contributed by atoms with Gasteiger partial charge in [-0.3, -0.25) is 4.79 Å². The third-order valence-electron chi connectivity index (χ3n) is 1.77. The Morgan fingerprint density at radius 2 is 2.20 bits per heavy atom. The number of aliphatic carboxylic acids is 1. The Morgan fingerprint density at radius 1 is 1.47 bits per heavy atom. The van der Waals surface area contributed by atoms with E-state index in [0.29, 0.717) is 13.0 Å². The van der Waals surface area contributed by atoms with E-state index in [9.17, 15) is 13.2 Å². The lowest BCUT2D eigenvalue weighted by Gasteiger charge is -2.02. The van der Waals surface area contributed by atoms with E-state index < -0.39 is 21.6 Å². The highest BCUT2D eigenvalue weighted by Gasteiger charge is 2.14. The molecule has 0 saturated heterocycles. The Kier molecular flexibility index (Phi) is 3.84. The van der Waals surface area contributed by atoms with Gasteiger partial charge in [-0.25, -0.2) is 13.4 Å². The van der Waals surface area contributed by atoms with Gasteiger partial charge in [-0.1, -0.05) is 0 Å². The number of imidazole rings is 1. The predicted molar refractivity (Wildman–Crippen MR) is 53.1 cm³/mol. The molecule has 0 saturated carbocycles. The lowest BCUT2D eigenvalue weighted by atomic mass is 10.5. The zero-order valence-corrected chi connectivity index (χ0v) is 8.85. The summed E-state index contributed by atoms with van der Waals surface area (Å²) in [6, 6.07) is 0. The molecule has 6 nitrogen and oxygen atoms in total. The molecule has 0 bridgehead atoms. The smallest absolute Gasteiger partial charge is 0.318 e. The van der Waals surface area contributed by atoms with Crippen molar-refractivity contribution in [3.63, 3.8) is 0 Å². The quantitative estimate of drug-likeness (QED) is 0.732. The van der Waals surface area contributed by atoms with Crippen LogP contribution >= 0.6 is 0 Å². The van der Waals surface area contributed by atoms with E-state index in [-0.39, 0.29) is 5.75 Å². The number of aromatic nitrogens is 2. The number of carboxylic acids is 1. The molecule has 0 atom stereocenters. The van der Waals surface area contributed by atoms with Crippen LogP contribution in [-0.4, -0.2) is 40.6 Å². The van der Waals surface area contributed by atoms with Crippen LogP contribution in [0.5, 0.6) is 0 Å². The molecule has 0 radical (unpaired) electrons. The van der Waals surface area contributed by atoms with E-state index in [1.54, 1.807) is 23.3 Å². The van der Waals surface area contributed by atoms with Crippen LogP contribution in [-0.2, 0) is 21.2 Å². The van der Waals surface area contributed by atoms with Crippen molar-refractivity contribution in [3.8, 4) is 0 Å². The van der Waals surface area contributed by atoms with Gasteiger partial charge >= 0.3 is 5.97 Å². The minimum Gasteiger partial charge on any atom is -0.480 e. The normalized spacial score (nSPS) is 11.5. The first-order valence-corrected chi connectivity index (χ1v) is 6.20. The van der Waals surface area contributed by atoms with E-state index in [4.69, 9.17) is 5.11 Å². The summed E-state index contributed by atoms with van der Waals surface area (Å²) in [7, 11) is -3.47. The third-order valence-corrected chi connectivity index (χ3v) is 3.37. The fraction of sp³-hybridized carbons (Fsp3) is 0.500. The fourth-order valence-corrected chi connectivity index (χ4v) is 2.24. The Labute approximate surface area is 87.5 Å². The average molecular weight is 232 g/mol. The van der Waals surface area contributed by atoms with Gasteiger partial charge in [-0.15, -0.1) is 0 Å². The van der Waals surface area contributed by atoms with Gasteiger partial charge in [0.15, 0.2) is 9.84 Å². The summed E-state index contributed by atoms with van der Waals surface area (Å²) < 4.78 is 24.1. The van der Waals surface area contributed by atoms with Crippen molar-refractivity contribution in [2.24, 2.45) is 0 Å². The first kappa shape index (κ1) is 11.7. The lowest BCUT2D eigenvalue weighted by Crippen LogP contribution is -2.19. The summed E-state index contributed by atoms with van der Waals surface area (Å²) in [5, 5.41) is 8.34. The largest absolute Gasteiger partial charge is 0.480 e. The maximum absolute atomic E-state index is 11.2. The molecule has 0 aromatic carbocycles. The molecule has 0 aliphatic carbocycles. The van der Waals surface area contributed by atoms with Crippen LogP contribution in [0.1, 0.15) is 6.42 Å². The molecule has 7 heteroatoms. The van der Waals surface area contributed by atoms with Crippen molar-refractivity contribution in [3.05, 3.63) is 18.7 Å². The van der Waals surface area contributed by atoms with Crippen LogP contribution in [0.2, 0.25) is 0 Å². The Hall–Kier alpha value is -1.37. The number of nitrogens with zero attached hydrogens (tertiary/aromatic N) is 2. The Morgan fingerprint density at radius 3 is 2.73 bits per heavy atom. The zero-order chi connectivity index (χ0) is 11.3. The minimum atomic E-state index is -3.47. The second kappa shape index (κ2) is 4.92. The van der Waals surface area contributed by atoms with Gasteiger partial charge in [-0.05, 0) is 6.42 Å². The number of sulfone groups is 1. The van der Waals surface area contributed by atoms with Gasteiger partial charge in [0.05, 0.1) is 12.1 Å². The topological polar surface area (TPSA) is 89.3 Å². The summed E-state index contributed by atoms with van der Waals surface area (Å²) in [6.45, 7) is 0.527. The van der Waals surface area contributed by atoms with Gasteiger partial charge in [-0.2, -0.15) is 0 Å². The molecule has 1 rings (SSSR count). The molecule has 0 spiro atoms. The first-order chi connectivity index (χ1) is 6.99. The maximum atomic E-state index is 11.2. The second-order valence-electron chi connectivity index (χ2n) is 3.14. The van der Waals surface area contributed by atoms with Crippen molar-refractivity contribution >= 4 is 15.8 Å².